The van der Waals surface area contributed by atoms with Crippen molar-refractivity contribution >= 4 is 11.9 Å². The summed E-state index contributed by atoms with van der Waals surface area (Å²) in [7, 11) is 3.33. The van der Waals surface area contributed by atoms with Crippen molar-refractivity contribution in [2.45, 2.75) is 32.0 Å². The first kappa shape index (κ1) is 20.2. The van der Waals surface area contributed by atoms with Crippen LogP contribution in [-0.4, -0.2) is 69.2 Å². The zero-order chi connectivity index (χ0) is 18.8. The number of guanidine groups is 1. The van der Waals surface area contributed by atoms with Crippen LogP contribution in [0.1, 0.15) is 18.9 Å². The largest absolute Gasteiger partial charge is 0.383 e. The number of hydrogen-bond donors (Lipinski definition) is 3. The topological polar surface area (TPSA) is 78.0 Å². The minimum atomic E-state index is -0.0736. The summed E-state index contributed by atoms with van der Waals surface area (Å²) in [5.74, 6) is 0.584. The van der Waals surface area contributed by atoms with E-state index in [0.717, 1.165) is 19.5 Å². The Balaban J connectivity index is 1.75. The average molecular weight is 361 g/mol. The molecule has 26 heavy (non-hydrogen) atoms. The first-order chi connectivity index (χ1) is 12.6. The molecule has 3 N–H and O–H groups in total. The van der Waals surface area contributed by atoms with E-state index in [1.54, 1.807) is 14.2 Å². The SMILES string of the molecule is CN=C(NCC(=O)NCCOC)NC1CC(C)N(Cc2ccccc2)C1. The summed E-state index contributed by atoms with van der Waals surface area (Å²) in [5, 5.41) is 9.28. The number of carbonyl (C=O) groups excluding carboxylic acids is 1. The third-order valence-electron chi connectivity index (χ3n) is 4.54. The molecule has 1 saturated heterocycles. The number of nitrogens with one attached hydrogen (secondary N) is 3. The lowest BCUT2D eigenvalue weighted by atomic mass is 10.2. The van der Waals surface area contributed by atoms with Crippen molar-refractivity contribution in [3.8, 4) is 0 Å². The molecule has 0 aromatic heterocycles. The summed E-state index contributed by atoms with van der Waals surface area (Å²) >= 11 is 0. The summed E-state index contributed by atoms with van der Waals surface area (Å²) in [6, 6.07) is 11.3. The van der Waals surface area contributed by atoms with Gasteiger partial charge in [0.05, 0.1) is 13.2 Å². The summed E-state index contributed by atoms with van der Waals surface area (Å²) in [6.45, 7) is 5.38. The van der Waals surface area contributed by atoms with E-state index in [1.165, 1.54) is 5.56 Å². The van der Waals surface area contributed by atoms with Gasteiger partial charge in [-0.2, -0.15) is 0 Å². The van der Waals surface area contributed by atoms with Crippen LogP contribution in [-0.2, 0) is 16.1 Å². The monoisotopic (exact) mass is 361 g/mol. The molecule has 0 aliphatic carbocycles. The number of ether oxygens (including phenoxy) is 1. The molecule has 1 aromatic rings. The van der Waals surface area contributed by atoms with Crippen LogP contribution in [0.3, 0.4) is 0 Å². The van der Waals surface area contributed by atoms with Crippen molar-refractivity contribution in [2.24, 2.45) is 4.99 Å². The molecule has 0 spiro atoms. The molecule has 1 aliphatic rings. The van der Waals surface area contributed by atoms with Crippen LogP contribution in [0.25, 0.3) is 0 Å². The number of aliphatic imine (C=N–C) groups is 1. The molecule has 0 saturated carbocycles. The number of rotatable bonds is 8. The Hall–Kier alpha value is -2.12. The van der Waals surface area contributed by atoms with Crippen LogP contribution in [0.2, 0.25) is 0 Å². The fourth-order valence-corrected chi connectivity index (χ4v) is 3.15. The van der Waals surface area contributed by atoms with E-state index in [4.69, 9.17) is 4.74 Å². The summed E-state index contributed by atoms with van der Waals surface area (Å²) in [5.41, 5.74) is 1.33. The molecule has 1 fully saturated rings. The number of amides is 1. The van der Waals surface area contributed by atoms with Gasteiger partial charge in [-0.25, -0.2) is 0 Å². The summed E-state index contributed by atoms with van der Waals surface area (Å²) in [4.78, 5) is 18.5. The molecule has 2 atom stereocenters. The van der Waals surface area contributed by atoms with Gasteiger partial charge in [0, 0.05) is 45.9 Å². The molecule has 2 unspecified atom stereocenters. The lowest BCUT2D eigenvalue weighted by Gasteiger charge is -2.21. The number of benzene rings is 1. The van der Waals surface area contributed by atoms with E-state index < -0.39 is 0 Å². The lowest BCUT2D eigenvalue weighted by Crippen LogP contribution is -2.47. The number of nitrogens with zero attached hydrogens (tertiary/aromatic N) is 2. The van der Waals surface area contributed by atoms with E-state index in [1.807, 2.05) is 6.07 Å². The van der Waals surface area contributed by atoms with E-state index >= 15 is 0 Å². The zero-order valence-corrected chi connectivity index (χ0v) is 16.0. The van der Waals surface area contributed by atoms with Gasteiger partial charge in [0.2, 0.25) is 5.91 Å². The smallest absolute Gasteiger partial charge is 0.239 e. The fraction of sp³-hybridized carbons (Fsp3) is 0.579. The van der Waals surface area contributed by atoms with Gasteiger partial charge in [0.25, 0.3) is 0 Å². The molecule has 0 bridgehead atoms. The van der Waals surface area contributed by atoms with Crippen LogP contribution in [0.15, 0.2) is 35.3 Å². The van der Waals surface area contributed by atoms with Gasteiger partial charge in [-0.3, -0.25) is 14.7 Å². The Morgan fingerprint density at radius 2 is 2.08 bits per heavy atom. The molecule has 1 heterocycles. The van der Waals surface area contributed by atoms with E-state index in [9.17, 15) is 4.79 Å². The highest BCUT2D eigenvalue weighted by Gasteiger charge is 2.29. The molecule has 1 aliphatic heterocycles. The molecule has 1 amide bonds. The van der Waals surface area contributed by atoms with Gasteiger partial charge in [0.15, 0.2) is 5.96 Å². The van der Waals surface area contributed by atoms with Crippen molar-refractivity contribution in [1.29, 1.82) is 0 Å². The molecule has 0 radical (unpaired) electrons. The quantitative estimate of drug-likeness (QED) is 0.359. The number of likely N-dealkylation sites (tertiary alicyclic amines) is 1. The third kappa shape index (κ3) is 6.65. The second-order valence-corrected chi connectivity index (χ2v) is 6.61. The van der Waals surface area contributed by atoms with E-state index in [0.29, 0.717) is 31.2 Å². The summed E-state index contributed by atoms with van der Waals surface area (Å²) in [6.07, 6.45) is 1.05. The first-order valence-corrected chi connectivity index (χ1v) is 9.13. The Bertz CT molecular complexity index is 579. The van der Waals surface area contributed by atoms with Gasteiger partial charge >= 0.3 is 0 Å². The minimum Gasteiger partial charge on any atom is -0.383 e. The van der Waals surface area contributed by atoms with Crippen molar-refractivity contribution in [1.82, 2.24) is 20.9 Å². The highest BCUT2D eigenvalue weighted by molar-refractivity contribution is 5.86. The third-order valence-corrected chi connectivity index (χ3v) is 4.54. The van der Waals surface area contributed by atoms with Crippen molar-refractivity contribution in [3.63, 3.8) is 0 Å². The number of methoxy groups -OCH3 is 1. The molecule has 2 rings (SSSR count). The van der Waals surface area contributed by atoms with E-state index in [2.05, 4.69) is 57.0 Å². The van der Waals surface area contributed by atoms with Crippen molar-refractivity contribution in [2.75, 3.05) is 40.4 Å². The maximum absolute atomic E-state index is 11.8. The average Bonchev–Trinajstić information content (AvgIpc) is 2.98. The predicted octanol–water partition coefficient (Wildman–Crippen LogP) is 0.577. The van der Waals surface area contributed by atoms with Crippen LogP contribution >= 0.6 is 0 Å². The van der Waals surface area contributed by atoms with E-state index in [-0.39, 0.29) is 12.5 Å². The first-order valence-electron chi connectivity index (χ1n) is 9.13. The number of carbonyl (C=O) groups is 1. The molecular formula is C19H31N5O2. The Morgan fingerprint density at radius 1 is 1.31 bits per heavy atom. The number of hydrogen-bond acceptors (Lipinski definition) is 4. The molecule has 7 heteroatoms. The van der Waals surface area contributed by atoms with Gasteiger partial charge in [-0.05, 0) is 18.9 Å². The molecule has 144 valence electrons. The van der Waals surface area contributed by atoms with Crippen LogP contribution in [0, 0.1) is 0 Å². The van der Waals surface area contributed by atoms with Crippen molar-refractivity contribution < 1.29 is 9.53 Å². The Kier molecular flexibility index (Phi) is 8.37. The maximum atomic E-state index is 11.8. The fourth-order valence-electron chi connectivity index (χ4n) is 3.15. The van der Waals surface area contributed by atoms with Gasteiger partial charge in [-0.15, -0.1) is 0 Å². The highest BCUT2D eigenvalue weighted by Crippen LogP contribution is 2.20. The predicted molar refractivity (Wildman–Crippen MR) is 104 cm³/mol. The second kappa shape index (κ2) is 10.8. The second-order valence-electron chi connectivity index (χ2n) is 6.61. The Labute approximate surface area is 156 Å². The normalized spacial score (nSPS) is 20.8. The summed E-state index contributed by atoms with van der Waals surface area (Å²) < 4.78 is 4.91. The van der Waals surface area contributed by atoms with Crippen LogP contribution in [0.5, 0.6) is 0 Å². The van der Waals surface area contributed by atoms with Crippen molar-refractivity contribution in [3.05, 3.63) is 35.9 Å². The van der Waals surface area contributed by atoms with Crippen LogP contribution < -0.4 is 16.0 Å². The standard InChI is InChI=1S/C19H31N5O2/c1-15-11-17(14-24(15)13-16-7-5-4-6-8-16)23-19(20-2)22-12-18(25)21-9-10-26-3/h4-8,15,17H,9-14H2,1-3H3,(H,21,25)(H2,20,22,23). The van der Waals surface area contributed by atoms with Gasteiger partial charge in [0.1, 0.15) is 0 Å². The van der Waals surface area contributed by atoms with Gasteiger partial charge < -0.3 is 20.7 Å². The molecular weight excluding hydrogens is 330 g/mol. The van der Waals surface area contributed by atoms with Crippen LogP contribution in [0.4, 0.5) is 0 Å². The maximum Gasteiger partial charge on any atom is 0.239 e. The molecule has 7 nitrogen and oxygen atoms in total. The molecule has 1 aromatic carbocycles. The lowest BCUT2D eigenvalue weighted by molar-refractivity contribution is -0.120. The zero-order valence-electron chi connectivity index (χ0n) is 16.0. The van der Waals surface area contributed by atoms with Gasteiger partial charge in [-0.1, -0.05) is 30.3 Å². The Morgan fingerprint density at radius 3 is 2.77 bits per heavy atom. The minimum absolute atomic E-state index is 0.0736. The highest BCUT2D eigenvalue weighted by atomic mass is 16.5.